The molecule has 4 saturated carbocycles. The van der Waals surface area contributed by atoms with Crippen molar-refractivity contribution >= 4 is 15.8 Å². The molecule has 2 aromatic rings. The molecular weight excluding hydrogens is 362 g/mol. The summed E-state index contributed by atoms with van der Waals surface area (Å²) in [5.74, 6) is 2.86. The SMILES string of the molecule is Cc1nn(C)c(C)c1S(=O)(=O)Nc1ccn(C23CC4CC(CC(C4)C2)C3)n1. The van der Waals surface area contributed by atoms with Gasteiger partial charge in [0.05, 0.1) is 16.9 Å². The predicted octanol–water partition coefficient (Wildman–Crippen LogP) is 2.96. The highest BCUT2D eigenvalue weighted by atomic mass is 32.2. The van der Waals surface area contributed by atoms with Crippen LogP contribution in [0, 0.1) is 31.6 Å². The summed E-state index contributed by atoms with van der Waals surface area (Å²) in [6.07, 6.45) is 9.65. The van der Waals surface area contributed by atoms with E-state index in [4.69, 9.17) is 0 Å². The summed E-state index contributed by atoms with van der Waals surface area (Å²) >= 11 is 0. The summed E-state index contributed by atoms with van der Waals surface area (Å²) in [6, 6.07) is 1.79. The minimum Gasteiger partial charge on any atom is -0.271 e. The van der Waals surface area contributed by atoms with Gasteiger partial charge in [-0.25, -0.2) is 8.42 Å². The van der Waals surface area contributed by atoms with Crippen LogP contribution in [0.4, 0.5) is 5.82 Å². The number of rotatable bonds is 4. The van der Waals surface area contributed by atoms with Gasteiger partial charge in [-0.2, -0.15) is 10.2 Å². The Labute approximate surface area is 160 Å². The number of aromatic nitrogens is 4. The van der Waals surface area contributed by atoms with Gasteiger partial charge in [0.2, 0.25) is 0 Å². The van der Waals surface area contributed by atoms with Crippen LogP contribution in [-0.2, 0) is 22.6 Å². The third kappa shape index (κ3) is 2.63. The Balaban J connectivity index is 1.43. The molecule has 0 atom stereocenters. The Morgan fingerprint density at radius 3 is 2.19 bits per heavy atom. The molecule has 0 spiro atoms. The summed E-state index contributed by atoms with van der Waals surface area (Å²) < 4.78 is 32.1. The van der Waals surface area contributed by atoms with Gasteiger partial charge >= 0.3 is 0 Å². The van der Waals surface area contributed by atoms with Crippen LogP contribution in [0.1, 0.15) is 49.9 Å². The van der Waals surface area contributed by atoms with Gasteiger partial charge in [-0.3, -0.25) is 14.1 Å². The van der Waals surface area contributed by atoms with Crippen molar-refractivity contribution in [2.24, 2.45) is 24.8 Å². The number of hydrogen-bond donors (Lipinski definition) is 1. The van der Waals surface area contributed by atoms with E-state index in [-0.39, 0.29) is 10.4 Å². The van der Waals surface area contributed by atoms with Gasteiger partial charge in [0.1, 0.15) is 4.90 Å². The first kappa shape index (κ1) is 17.3. The van der Waals surface area contributed by atoms with E-state index < -0.39 is 10.0 Å². The van der Waals surface area contributed by atoms with Crippen LogP contribution >= 0.6 is 0 Å². The molecule has 0 aliphatic heterocycles. The molecule has 8 heteroatoms. The van der Waals surface area contributed by atoms with Crippen LogP contribution in [0.25, 0.3) is 0 Å². The smallest absolute Gasteiger partial charge is 0.266 e. The predicted molar refractivity (Wildman–Crippen MR) is 102 cm³/mol. The third-order valence-electron chi connectivity index (χ3n) is 7.03. The Kier molecular flexibility index (Phi) is 3.58. The molecule has 27 heavy (non-hydrogen) atoms. The van der Waals surface area contributed by atoms with Crippen LogP contribution in [0.3, 0.4) is 0 Å². The van der Waals surface area contributed by atoms with Crippen molar-refractivity contribution in [3.63, 3.8) is 0 Å². The van der Waals surface area contributed by atoms with Gasteiger partial charge in [0.25, 0.3) is 10.0 Å². The molecule has 6 rings (SSSR count). The summed E-state index contributed by atoms with van der Waals surface area (Å²) in [7, 11) is -1.95. The fraction of sp³-hybridized carbons (Fsp3) is 0.684. The summed E-state index contributed by atoms with van der Waals surface area (Å²) in [5.41, 5.74) is 1.22. The second kappa shape index (κ2) is 5.59. The van der Waals surface area contributed by atoms with Gasteiger partial charge in [-0.15, -0.1) is 0 Å². The maximum atomic E-state index is 12.9. The second-order valence-electron chi connectivity index (χ2n) is 9.02. The second-order valence-corrected chi connectivity index (χ2v) is 10.6. The van der Waals surface area contributed by atoms with E-state index in [0.717, 1.165) is 17.8 Å². The zero-order chi connectivity index (χ0) is 19.0. The first-order valence-corrected chi connectivity index (χ1v) is 11.3. The van der Waals surface area contributed by atoms with E-state index in [9.17, 15) is 8.42 Å². The van der Waals surface area contributed by atoms with Crippen LogP contribution < -0.4 is 4.72 Å². The highest BCUT2D eigenvalue weighted by Crippen LogP contribution is 2.58. The summed E-state index contributed by atoms with van der Waals surface area (Å²) in [6.45, 7) is 3.48. The van der Waals surface area contributed by atoms with Crippen LogP contribution in [0.5, 0.6) is 0 Å². The monoisotopic (exact) mass is 389 g/mol. The first-order chi connectivity index (χ1) is 12.8. The maximum absolute atomic E-state index is 12.9. The molecule has 0 saturated heterocycles. The summed E-state index contributed by atoms with van der Waals surface area (Å²) in [4.78, 5) is 0.245. The fourth-order valence-corrected chi connectivity index (χ4v) is 7.76. The lowest BCUT2D eigenvalue weighted by molar-refractivity contribution is -0.0492. The zero-order valence-electron chi connectivity index (χ0n) is 16.1. The third-order valence-corrected chi connectivity index (χ3v) is 8.64. The molecule has 1 N–H and O–H groups in total. The minimum absolute atomic E-state index is 0.0958. The highest BCUT2D eigenvalue weighted by molar-refractivity contribution is 7.92. The molecule has 2 aromatic heterocycles. The average Bonchev–Trinajstić information content (AvgIpc) is 3.11. The van der Waals surface area contributed by atoms with Crippen LogP contribution in [0.15, 0.2) is 17.2 Å². The molecule has 0 unspecified atom stereocenters. The lowest BCUT2D eigenvalue weighted by Crippen LogP contribution is -2.52. The van der Waals surface area contributed by atoms with E-state index in [1.165, 1.54) is 38.5 Å². The number of hydrogen-bond acceptors (Lipinski definition) is 4. The van der Waals surface area contributed by atoms with Crippen molar-refractivity contribution < 1.29 is 8.42 Å². The van der Waals surface area contributed by atoms with Gasteiger partial charge in [0, 0.05) is 19.3 Å². The Bertz CT molecular complexity index is 968. The van der Waals surface area contributed by atoms with E-state index >= 15 is 0 Å². The van der Waals surface area contributed by atoms with Crippen LogP contribution in [-0.4, -0.2) is 28.0 Å². The van der Waals surface area contributed by atoms with E-state index in [1.807, 2.05) is 6.20 Å². The zero-order valence-corrected chi connectivity index (χ0v) is 17.0. The van der Waals surface area contributed by atoms with E-state index in [1.54, 1.807) is 31.6 Å². The summed E-state index contributed by atoms with van der Waals surface area (Å²) in [5, 5.41) is 8.90. The molecular formula is C19H27N5O2S. The lowest BCUT2D eigenvalue weighted by Gasteiger charge is -2.56. The Morgan fingerprint density at radius 1 is 1.07 bits per heavy atom. The van der Waals surface area contributed by atoms with E-state index in [2.05, 4.69) is 19.6 Å². The van der Waals surface area contributed by atoms with Crippen molar-refractivity contribution in [1.82, 2.24) is 19.6 Å². The fourth-order valence-electron chi connectivity index (χ4n) is 6.32. The molecule has 7 nitrogen and oxygen atoms in total. The molecule has 0 radical (unpaired) electrons. The van der Waals surface area contributed by atoms with Crippen molar-refractivity contribution in [3.8, 4) is 0 Å². The largest absolute Gasteiger partial charge is 0.271 e. The Hall–Kier alpha value is -1.83. The number of nitrogens with one attached hydrogen (secondary N) is 1. The molecule has 4 aliphatic carbocycles. The molecule has 146 valence electrons. The van der Waals surface area contributed by atoms with Gasteiger partial charge in [0.15, 0.2) is 5.82 Å². The number of aryl methyl sites for hydroxylation is 2. The Morgan fingerprint density at radius 2 is 1.67 bits per heavy atom. The highest BCUT2D eigenvalue weighted by Gasteiger charge is 2.52. The van der Waals surface area contributed by atoms with Crippen molar-refractivity contribution in [2.75, 3.05) is 4.72 Å². The maximum Gasteiger partial charge on any atom is 0.266 e. The number of anilines is 1. The van der Waals surface area contributed by atoms with Gasteiger partial charge < -0.3 is 0 Å². The van der Waals surface area contributed by atoms with Crippen LogP contribution in [0.2, 0.25) is 0 Å². The van der Waals surface area contributed by atoms with Crippen molar-refractivity contribution in [1.29, 1.82) is 0 Å². The molecule has 0 aromatic carbocycles. The average molecular weight is 390 g/mol. The van der Waals surface area contributed by atoms with Gasteiger partial charge in [-0.05, 0) is 70.1 Å². The molecule has 2 heterocycles. The molecule has 0 amide bonds. The lowest BCUT2D eigenvalue weighted by atomic mass is 9.53. The minimum atomic E-state index is -3.71. The van der Waals surface area contributed by atoms with E-state index in [0.29, 0.717) is 17.2 Å². The quantitative estimate of drug-likeness (QED) is 0.872. The first-order valence-electron chi connectivity index (χ1n) is 9.85. The standard InChI is InChI=1S/C19H27N5O2S/c1-12-18(13(2)23(3)20-12)27(25,26)22-17-4-5-24(21-17)19-9-14-6-15(10-19)8-16(7-14)11-19/h4-5,14-16H,6-11H2,1-3H3,(H,21,22). The number of nitrogens with zero attached hydrogens (tertiary/aromatic N) is 4. The van der Waals surface area contributed by atoms with Crippen molar-refractivity contribution in [3.05, 3.63) is 23.7 Å². The molecule has 4 aliphatic rings. The topological polar surface area (TPSA) is 81.8 Å². The number of sulfonamides is 1. The normalized spacial score (nSPS) is 32.2. The molecule has 4 fully saturated rings. The van der Waals surface area contributed by atoms with Crippen molar-refractivity contribution in [2.45, 2.75) is 62.8 Å². The van der Waals surface area contributed by atoms with Gasteiger partial charge in [-0.1, -0.05) is 0 Å². The molecule has 4 bridgehead atoms.